The minimum Gasteiger partial charge on any atom is -0.490 e. The fraction of sp³-hybridized carbons (Fsp3) is 0.611. The smallest absolute Gasteiger partial charge is 0.227 e. The molecule has 1 amide bonds. The van der Waals surface area contributed by atoms with Gasteiger partial charge in [-0.15, -0.1) is 12.4 Å². The van der Waals surface area contributed by atoms with Gasteiger partial charge in [0.25, 0.3) is 0 Å². The van der Waals surface area contributed by atoms with Crippen LogP contribution in [0.15, 0.2) is 16.6 Å². The maximum absolute atomic E-state index is 12.8. The van der Waals surface area contributed by atoms with Gasteiger partial charge in [-0.2, -0.15) is 0 Å². The molecule has 1 aliphatic rings. The van der Waals surface area contributed by atoms with Crippen LogP contribution in [0.25, 0.3) is 0 Å². The maximum atomic E-state index is 12.8. The molecular weight excluding hydrogens is 408 g/mol. The lowest BCUT2D eigenvalue weighted by molar-refractivity contribution is -0.134. The topological polar surface area (TPSA) is 50.8 Å². The van der Waals surface area contributed by atoms with Gasteiger partial charge in [-0.3, -0.25) is 4.79 Å². The van der Waals surface area contributed by atoms with Gasteiger partial charge in [0.2, 0.25) is 5.91 Å². The second kappa shape index (κ2) is 10.2. The van der Waals surface area contributed by atoms with Crippen molar-refractivity contribution in [3.8, 4) is 11.5 Å². The van der Waals surface area contributed by atoms with Crippen LogP contribution in [-0.4, -0.2) is 49.2 Å². The van der Waals surface area contributed by atoms with Crippen LogP contribution in [0.4, 0.5) is 0 Å². The van der Waals surface area contributed by atoms with Gasteiger partial charge in [-0.1, -0.05) is 15.9 Å². The van der Waals surface area contributed by atoms with E-state index in [9.17, 15) is 4.79 Å². The standard InChI is InChI=1S/C18H27BrN2O3.ClH/c1-5-23-16-9-14(15(19)11-17(16)24-6-2)10-18(22)21-8-7-20-12(3)13(21)4;/h9,11-13,20H,5-8,10H2,1-4H3;1H. The van der Waals surface area contributed by atoms with E-state index < -0.39 is 0 Å². The number of amides is 1. The molecule has 5 nitrogen and oxygen atoms in total. The summed E-state index contributed by atoms with van der Waals surface area (Å²) < 4.78 is 12.2. The van der Waals surface area contributed by atoms with Crippen molar-refractivity contribution in [1.29, 1.82) is 0 Å². The number of rotatable bonds is 6. The average molecular weight is 436 g/mol. The molecular formula is C18H28BrClN2O3. The molecule has 1 aliphatic heterocycles. The molecule has 1 saturated heterocycles. The minimum absolute atomic E-state index is 0. The van der Waals surface area contributed by atoms with Gasteiger partial charge in [-0.05, 0) is 45.4 Å². The van der Waals surface area contributed by atoms with Crippen LogP contribution >= 0.6 is 28.3 Å². The summed E-state index contributed by atoms with van der Waals surface area (Å²) >= 11 is 3.56. The van der Waals surface area contributed by atoms with E-state index in [-0.39, 0.29) is 24.4 Å². The maximum Gasteiger partial charge on any atom is 0.227 e. The Kier molecular flexibility index (Phi) is 9.03. The van der Waals surface area contributed by atoms with Gasteiger partial charge < -0.3 is 19.7 Å². The number of hydrogen-bond donors (Lipinski definition) is 1. The molecule has 0 radical (unpaired) electrons. The predicted molar refractivity (Wildman–Crippen MR) is 106 cm³/mol. The molecule has 0 saturated carbocycles. The summed E-state index contributed by atoms with van der Waals surface area (Å²) in [6, 6.07) is 4.30. The molecule has 142 valence electrons. The third kappa shape index (κ3) is 5.50. The van der Waals surface area contributed by atoms with Gasteiger partial charge in [0, 0.05) is 29.6 Å². The summed E-state index contributed by atoms with van der Waals surface area (Å²) in [4.78, 5) is 14.7. The molecule has 0 aliphatic carbocycles. The molecule has 1 aromatic rings. The molecule has 2 atom stereocenters. The summed E-state index contributed by atoms with van der Waals surface area (Å²) in [7, 11) is 0. The zero-order chi connectivity index (χ0) is 17.7. The number of benzene rings is 1. The summed E-state index contributed by atoms with van der Waals surface area (Å²) in [5.41, 5.74) is 0.922. The number of carbonyl (C=O) groups is 1. The number of nitrogens with one attached hydrogen (secondary N) is 1. The zero-order valence-electron chi connectivity index (χ0n) is 15.3. The number of halogens is 2. The molecule has 0 spiro atoms. The third-order valence-electron chi connectivity index (χ3n) is 4.41. The summed E-state index contributed by atoms with van der Waals surface area (Å²) in [5, 5.41) is 3.40. The highest BCUT2D eigenvalue weighted by atomic mass is 79.9. The first-order chi connectivity index (χ1) is 11.5. The van der Waals surface area contributed by atoms with Crippen molar-refractivity contribution in [2.24, 2.45) is 0 Å². The number of carbonyl (C=O) groups excluding carboxylic acids is 1. The van der Waals surface area contributed by atoms with Crippen molar-refractivity contribution in [3.05, 3.63) is 22.2 Å². The van der Waals surface area contributed by atoms with E-state index in [2.05, 4.69) is 35.1 Å². The van der Waals surface area contributed by atoms with Crippen LogP contribution < -0.4 is 14.8 Å². The second-order valence-corrected chi connectivity index (χ2v) is 6.86. The highest BCUT2D eigenvalue weighted by molar-refractivity contribution is 9.10. The van der Waals surface area contributed by atoms with E-state index in [4.69, 9.17) is 9.47 Å². The Morgan fingerprint density at radius 3 is 2.44 bits per heavy atom. The minimum atomic E-state index is 0. The quantitative estimate of drug-likeness (QED) is 0.744. The first-order valence-corrected chi connectivity index (χ1v) is 9.38. The van der Waals surface area contributed by atoms with E-state index >= 15 is 0 Å². The number of nitrogens with zero attached hydrogens (tertiary/aromatic N) is 1. The molecule has 1 aromatic carbocycles. The van der Waals surface area contributed by atoms with Crippen LogP contribution in [0.1, 0.15) is 33.3 Å². The molecule has 7 heteroatoms. The van der Waals surface area contributed by atoms with Gasteiger partial charge >= 0.3 is 0 Å². The Bertz CT molecular complexity index is 586. The Labute approximate surface area is 165 Å². The lowest BCUT2D eigenvalue weighted by Gasteiger charge is -2.38. The molecule has 2 rings (SSSR count). The Hall–Kier alpha value is -0.980. The van der Waals surface area contributed by atoms with Crippen molar-refractivity contribution in [2.45, 2.75) is 46.2 Å². The summed E-state index contributed by atoms with van der Waals surface area (Å²) in [6.45, 7) is 10.8. The molecule has 1 fully saturated rings. The lowest BCUT2D eigenvalue weighted by atomic mass is 10.0. The van der Waals surface area contributed by atoms with Crippen LogP contribution in [0, 0.1) is 0 Å². The van der Waals surface area contributed by atoms with E-state index in [0.717, 1.165) is 23.1 Å². The van der Waals surface area contributed by atoms with Crippen molar-refractivity contribution in [1.82, 2.24) is 10.2 Å². The number of piperazine rings is 1. The Morgan fingerprint density at radius 1 is 1.24 bits per heavy atom. The Morgan fingerprint density at radius 2 is 1.84 bits per heavy atom. The van der Waals surface area contributed by atoms with E-state index in [1.807, 2.05) is 30.9 Å². The SMILES string of the molecule is CCOc1cc(Br)c(CC(=O)N2CCNC(C)C2C)cc1OCC.Cl. The van der Waals surface area contributed by atoms with Gasteiger partial charge in [0.05, 0.1) is 19.6 Å². The Balaban J connectivity index is 0.00000312. The van der Waals surface area contributed by atoms with Crippen molar-refractivity contribution in [3.63, 3.8) is 0 Å². The second-order valence-electron chi connectivity index (χ2n) is 6.00. The molecule has 0 aromatic heterocycles. The van der Waals surface area contributed by atoms with Gasteiger partial charge in [-0.25, -0.2) is 0 Å². The number of hydrogen-bond acceptors (Lipinski definition) is 4. The normalized spacial score (nSPS) is 20.0. The van der Waals surface area contributed by atoms with Gasteiger partial charge in [0.15, 0.2) is 11.5 Å². The van der Waals surface area contributed by atoms with Crippen LogP contribution in [0.3, 0.4) is 0 Å². The molecule has 1 N–H and O–H groups in total. The third-order valence-corrected chi connectivity index (χ3v) is 5.15. The first kappa shape index (κ1) is 22.1. The van der Waals surface area contributed by atoms with Crippen molar-refractivity contribution < 1.29 is 14.3 Å². The van der Waals surface area contributed by atoms with E-state index in [1.165, 1.54) is 0 Å². The van der Waals surface area contributed by atoms with Crippen LogP contribution in [-0.2, 0) is 11.2 Å². The molecule has 25 heavy (non-hydrogen) atoms. The summed E-state index contributed by atoms with van der Waals surface area (Å²) in [5.74, 6) is 1.53. The number of ether oxygens (including phenoxy) is 2. The molecule has 1 heterocycles. The highest BCUT2D eigenvalue weighted by Crippen LogP contribution is 2.34. The monoisotopic (exact) mass is 434 g/mol. The predicted octanol–water partition coefficient (Wildman–Crippen LogP) is 3.42. The highest BCUT2D eigenvalue weighted by Gasteiger charge is 2.28. The largest absolute Gasteiger partial charge is 0.490 e. The van der Waals surface area contributed by atoms with E-state index in [1.54, 1.807) is 0 Å². The van der Waals surface area contributed by atoms with Crippen molar-refractivity contribution in [2.75, 3.05) is 26.3 Å². The fourth-order valence-corrected chi connectivity index (χ4v) is 3.38. The average Bonchev–Trinajstić information content (AvgIpc) is 2.54. The lowest BCUT2D eigenvalue weighted by Crippen LogP contribution is -2.57. The fourth-order valence-electron chi connectivity index (χ4n) is 2.92. The van der Waals surface area contributed by atoms with E-state index in [0.29, 0.717) is 37.2 Å². The van der Waals surface area contributed by atoms with Crippen molar-refractivity contribution >= 4 is 34.2 Å². The van der Waals surface area contributed by atoms with Gasteiger partial charge in [0.1, 0.15) is 0 Å². The summed E-state index contributed by atoms with van der Waals surface area (Å²) in [6.07, 6.45) is 0.351. The first-order valence-electron chi connectivity index (χ1n) is 8.58. The van der Waals surface area contributed by atoms with Crippen LogP contribution in [0.5, 0.6) is 11.5 Å². The zero-order valence-corrected chi connectivity index (χ0v) is 17.7. The van der Waals surface area contributed by atoms with Crippen LogP contribution in [0.2, 0.25) is 0 Å². The molecule has 2 unspecified atom stereocenters. The molecule has 0 bridgehead atoms.